The topological polar surface area (TPSA) is 52.0 Å². The lowest BCUT2D eigenvalue weighted by atomic mass is 10.3. The molecule has 1 aliphatic heterocycles. The summed E-state index contributed by atoms with van der Waals surface area (Å²) in [6.45, 7) is 6.76. The molecule has 1 aromatic rings. The van der Waals surface area contributed by atoms with Gasteiger partial charge in [-0.05, 0) is 26.8 Å². The Labute approximate surface area is 89.8 Å². The van der Waals surface area contributed by atoms with E-state index in [9.17, 15) is 0 Å². The van der Waals surface area contributed by atoms with Gasteiger partial charge in [0.15, 0.2) is 5.82 Å². The molecule has 2 rings (SSSR count). The molecule has 0 bridgehead atoms. The number of ether oxygens (including phenoxy) is 1. The molecular weight excluding hydrogens is 192 g/mol. The zero-order chi connectivity index (χ0) is 10.7. The highest BCUT2D eigenvalue weighted by Gasteiger charge is 2.16. The van der Waals surface area contributed by atoms with Crippen molar-refractivity contribution < 1.29 is 4.74 Å². The number of hydrogen-bond donors (Lipinski definition) is 1. The van der Waals surface area contributed by atoms with Gasteiger partial charge in [0.1, 0.15) is 12.9 Å². The van der Waals surface area contributed by atoms with Crippen LogP contribution in [-0.2, 0) is 11.3 Å². The number of nitrogens with one attached hydrogen (secondary N) is 1. The monoisotopic (exact) mass is 210 g/mol. The summed E-state index contributed by atoms with van der Waals surface area (Å²) < 4.78 is 7.66. The maximum atomic E-state index is 5.75. The summed E-state index contributed by atoms with van der Waals surface area (Å²) in [5, 5.41) is 7.44. The summed E-state index contributed by atoms with van der Waals surface area (Å²) in [5.41, 5.74) is 0. The van der Waals surface area contributed by atoms with E-state index in [1.54, 1.807) is 6.33 Å². The van der Waals surface area contributed by atoms with Crippen LogP contribution in [0.15, 0.2) is 6.33 Å². The van der Waals surface area contributed by atoms with Crippen molar-refractivity contribution in [2.75, 3.05) is 13.1 Å². The minimum absolute atomic E-state index is 0.335. The molecule has 0 radical (unpaired) electrons. The maximum absolute atomic E-state index is 5.75. The minimum atomic E-state index is 0.335. The Morgan fingerprint density at radius 2 is 2.53 bits per heavy atom. The van der Waals surface area contributed by atoms with Crippen LogP contribution < -0.4 is 5.32 Å². The second-order valence-electron chi connectivity index (χ2n) is 4.14. The van der Waals surface area contributed by atoms with Crippen LogP contribution in [0.25, 0.3) is 0 Å². The molecule has 1 saturated heterocycles. The smallest absolute Gasteiger partial charge is 0.153 e. The highest BCUT2D eigenvalue weighted by atomic mass is 16.5. The molecule has 0 amide bonds. The van der Waals surface area contributed by atoms with Gasteiger partial charge in [0.05, 0.1) is 6.10 Å². The quantitative estimate of drug-likeness (QED) is 0.796. The van der Waals surface area contributed by atoms with Crippen molar-refractivity contribution in [3.8, 4) is 0 Å². The third kappa shape index (κ3) is 2.54. The van der Waals surface area contributed by atoms with Crippen molar-refractivity contribution in [2.45, 2.75) is 39.0 Å². The number of nitrogens with zero attached hydrogens (tertiary/aromatic N) is 3. The molecule has 0 aliphatic carbocycles. The van der Waals surface area contributed by atoms with E-state index in [-0.39, 0.29) is 0 Å². The number of aromatic nitrogens is 3. The SMILES string of the molecule is CC(C)n1ncnc1COC1CCNC1. The molecule has 1 unspecified atom stereocenters. The van der Waals surface area contributed by atoms with Crippen molar-refractivity contribution in [1.82, 2.24) is 20.1 Å². The van der Waals surface area contributed by atoms with Gasteiger partial charge in [-0.2, -0.15) is 5.10 Å². The van der Waals surface area contributed by atoms with Crippen molar-refractivity contribution in [3.05, 3.63) is 12.2 Å². The van der Waals surface area contributed by atoms with E-state index in [2.05, 4.69) is 29.2 Å². The van der Waals surface area contributed by atoms with Gasteiger partial charge in [-0.25, -0.2) is 9.67 Å². The van der Waals surface area contributed by atoms with E-state index >= 15 is 0 Å². The Balaban J connectivity index is 1.89. The highest BCUT2D eigenvalue weighted by molar-refractivity contribution is 4.84. The van der Waals surface area contributed by atoms with Gasteiger partial charge in [-0.15, -0.1) is 0 Å². The Kier molecular flexibility index (Phi) is 3.33. The second kappa shape index (κ2) is 4.72. The average molecular weight is 210 g/mol. The largest absolute Gasteiger partial charge is 0.369 e. The van der Waals surface area contributed by atoms with Crippen LogP contribution in [0.4, 0.5) is 0 Å². The first-order valence-electron chi connectivity index (χ1n) is 5.48. The molecule has 1 atom stereocenters. The molecule has 5 nitrogen and oxygen atoms in total. The highest BCUT2D eigenvalue weighted by Crippen LogP contribution is 2.09. The molecule has 2 heterocycles. The lowest BCUT2D eigenvalue weighted by molar-refractivity contribution is 0.0472. The minimum Gasteiger partial charge on any atom is -0.369 e. The van der Waals surface area contributed by atoms with Gasteiger partial charge < -0.3 is 10.1 Å². The fourth-order valence-electron chi connectivity index (χ4n) is 1.77. The standard InChI is InChI=1S/C10H18N4O/c1-8(2)14-10(12-7-13-14)6-15-9-3-4-11-5-9/h7-9,11H,3-6H2,1-2H3. The van der Waals surface area contributed by atoms with E-state index in [0.717, 1.165) is 25.3 Å². The molecule has 0 aromatic carbocycles. The van der Waals surface area contributed by atoms with Crippen molar-refractivity contribution in [2.24, 2.45) is 0 Å². The summed E-state index contributed by atoms with van der Waals surface area (Å²) in [6, 6.07) is 0.341. The van der Waals surface area contributed by atoms with E-state index in [0.29, 0.717) is 18.8 Å². The van der Waals surface area contributed by atoms with E-state index in [1.807, 2.05) is 4.68 Å². The Morgan fingerprint density at radius 3 is 3.20 bits per heavy atom. The Bertz CT molecular complexity index is 304. The van der Waals surface area contributed by atoms with Gasteiger partial charge in [-0.3, -0.25) is 0 Å². The summed E-state index contributed by atoms with van der Waals surface area (Å²) in [7, 11) is 0. The van der Waals surface area contributed by atoms with Crippen LogP contribution in [0, 0.1) is 0 Å². The van der Waals surface area contributed by atoms with Crippen LogP contribution in [-0.4, -0.2) is 34.0 Å². The molecule has 5 heteroatoms. The second-order valence-corrected chi connectivity index (χ2v) is 4.14. The summed E-state index contributed by atoms with van der Waals surface area (Å²) in [4.78, 5) is 4.20. The lowest BCUT2D eigenvalue weighted by Gasteiger charge is -2.12. The average Bonchev–Trinajstić information content (AvgIpc) is 2.86. The van der Waals surface area contributed by atoms with Crippen LogP contribution >= 0.6 is 0 Å². The maximum Gasteiger partial charge on any atom is 0.153 e. The molecule has 1 N–H and O–H groups in total. The predicted octanol–water partition coefficient (Wildman–Crippen LogP) is 0.738. The number of rotatable bonds is 4. The predicted molar refractivity (Wildman–Crippen MR) is 56.5 cm³/mol. The first-order chi connectivity index (χ1) is 7.27. The third-order valence-corrected chi connectivity index (χ3v) is 2.60. The van der Waals surface area contributed by atoms with Crippen LogP contribution in [0.3, 0.4) is 0 Å². The van der Waals surface area contributed by atoms with Crippen LogP contribution in [0.2, 0.25) is 0 Å². The molecular formula is C10H18N4O. The summed E-state index contributed by atoms with van der Waals surface area (Å²) in [5.74, 6) is 0.914. The molecule has 0 spiro atoms. The fraction of sp³-hybridized carbons (Fsp3) is 0.800. The summed E-state index contributed by atoms with van der Waals surface area (Å²) >= 11 is 0. The Morgan fingerprint density at radius 1 is 1.67 bits per heavy atom. The molecule has 84 valence electrons. The lowest BCUT2D eigenvalue weighted by Crippen LogP contribution is -2.18. The summed E-state index contributed by atoms with van der Waals surface area (Å²) in [6.07, 6.45) is 3.02. The third-order valence-electron chi connectivity index (χ3n) is 2.60. The van der Waals surface area contributed by atoms with E-state index in [1.165, 1.54) is 0 Å². The van der Waals surface area contributed by atoms with E-state index in [4.69, 9.17) is 4.74 Å². The van der Waals surface area contributed by atoms with Crippen LogP contribution in [0.5, 0.6) is 0 Å². The van der Waals surface area contributed by atoms with Gasteiger partial charge in [0, 0.05) is 12.6 Å². The molecule has 1 aliphatic rings. The normalized spacial score (nSPS) is 21.4. The molecule has 1 aromatic heterocycles. The van der Waals surface area contributed by atoms with Gasteiger partial charge >= 0.3 is 0 Å². The van der Waals surface area contributed by atoms with Crippen molar-refractivity contribution in [3.63, 3.8) is 0 Å². The first-order valence-corrected chi connectivity index (χ1v) is 5.48. The van der Waals surface area contributed by atoms with Gasteiger partial charge in [-0.1, -0.05) is 0 Å². The zero-order valence-corrected chi connectivity index (χ0v) is 9.31. The van der Waals surface area contributed by atoms with Gasteiger partial charge in [0.25, 0.3) is 0 Å². The first kappa shape index (κ1) is 10.6. The van der Waals surface area contributed by atoms with Crippen molar-refractivity contribution in [1.29, 1.82) is 0 Å². The zero-order valence-electron chi connectivity index (χ0n) is 9.31. The molecule has 1 fully saturated rings. The molecule has 0 saturated carbocycles. The van der Waals surface area contributed by atoms with Crippen LogP contribution in [0.1, 0.15) is 32.1 Å². The van der Waals surface area contributed by atoms with Gasteiger partial charge in [0.2, 0.25) is 0 Å². The number of hydrogen-bond acceptors (Lipinski definition) is 4. The molecule has 15 heavy (non-hydrogen) atoms. The van der Waals surface area contributed by atoms with E-state index < -0.39 is 0 Å². The fourth-order valence-corrected chi connectivity index (χ4v) is 1.77. The van der Waals surface area contributed by atoms with Crippen molar-refractivity contribution >= 4 is 0 Å². The Hall–Kier alpha value is -0.940.